The first-order chi connectivity index (χ1) is 13.5. The lowest BCUT2D eigenvalue weighted by Crippen LogP contribution is -2.25. The SMILES string of the molecule is CCOCCOc1cc2c(cc1O)-c1cc(=O)c(C(=O)N=O)cn1C(CC)C2. The number of hydrogen-bond donors (Lipinski definition) is 1. The first-order valence-electron chi connectivity index (χ1n) is 9.20. The number of phenols is 1. The van der Waals surface area contributed by atoms with E-state index in [1.54, 1.807) is 16.7 Å². The Kier molecular flexibility index (Phi) is 5.89. The Morgan fingerprint density at radius 3 is 2.75 bits per heavy atom. The minimum Gasteiger partial charge on any atom is -0.504 e. The fraction of sp³-hybridized carbons (Fsp3) is 0.400. The molecule has 148 valence electrons. The number of nitroso groups, excluding NO2 is 1. The summed E-state index contributed by atoms with van der Waals surface area (Å²) in [6, 6.07) is 4.64. The highest BCUT2D eigenvalue weighted by Gasteiger charge is 2.26. The monoisotopic (exact) mass is 386 g/mol. The van der Waals surface area contributed by atoms with Crippen LogP contribution in [0.1, 0.15) is 42.2 Å². The largest absolute Gasteiger partial charge is 0.504 e. The molecule has 3 rings (SSSR count). The number of amides is 1. The van der Waals surface area contributed by atoms with Gasteiger partial charge in [-0.25, -0.2) is 0 Å². The fourth-order valence-corrected chi connectivity index (χ4v) is 3.46. The highest BCUT2D eigenvalue weighted by Crippen LogP contribution is 2.41. The average Bonchev–Trinajstić information content (AvgIpc) is 2.70. The number of aromatic hydroxyl groups is 1. The molecule has 0 bridgehead atoms. The molecule has 0 spiro atoms. The highest BCUT2D eigenvalue weighted by atomic mass is 16.5. The molecular formula is C20H22N2O6. The van der Waals surface area contributed by atoms with Gasteiger partial charge < -0.3 is 19.1 Å². The molecule has 1 atom stereocenters. The lowest BCUT2D eigenvalue weighted by atomic mass is 9.90. The van der Waals surface area contributed by atoms with E-state index in [1.807, 2.05) is 13.8 Å². The summed E-state index contributed by atoms with van der Waals surface area (Å²) in [5.41, 5.74) is 1.38. The fourth-order valence-electron chi connectivity index (χ4n) is 3.46. The Labute approximate surface area is 161 Å². The number of pyridine rings is 1. The predicted molar refractivity (Wildman–Crippen MR) is 103 cm³/mol. The van der Waals surface area contributed by atoms with E-state index in [0.717, 1.165) is 12.0 Å². The number of nitrogens with zero attached hydrogens (tertiary/aromatic N) is 2. The Balaban J connectivity index is 2.04. The molecule has 1 N–H and O–H groups in total. The summed E-state index contributed by atoms with van der Waals surface area (Å²) in [5, 5.41) is 12.7. The molecule has 1 aliphatic heterocycles. The summed E-state index contributed by atoms with van der Waals surface area (Å²) in [6.45, 7) is 5.22. The van der Waals surface area contributed by atoms with E-state index in [-0.39, 0.29) is 17.4 Å². The van der Waals surface area contributed by atoms with Crippen molar-refractivity contribution in [3.63, 3.8) is 0 Å². The molecule has 1 amide bonds. The first kappa shape index (κ1) is 19.8. The Morgan fingerprint density at radius 2 is 2.07 bits per heavy atom. The summed E-state index contributed by atoms with van der Waals surface area (Å²) >= 11 is 0. The molecule has 1 aliphatic rings. The van der Waals surface area contributed by atoms with Gasteiger partial charge in [-0.1, -0.05) is 6.92 Å². The number of rotatable bonds is 7. The number of benzene rings is 1. The molecule has 8 heteroatoms. The third-order valence-electron chi connectivity index (χ3n) is 4.86. The van der Waals surface area contributed by atoms with E-state index in [2.05, 4.69) is 5.18 Å². The van der Waals surface area contributed by atoms with Gasteiger partial charge in [0, 0.05) is 35.7 Å². The van der Waals surface area contributed by atoms with Crippen molar-refractivity contribution in [3.05, 3.63) is 50.7 Å². The molecule has 0 saturated heterocycles. The molecule has 1 unspecified atom stereocenters. The zero-order chi connectivity index (χ0) is 20.3. The number of carbonyl (C=O) groups is 1. The quantitative estimate of drug-likeness (QED) is 0.579. The van der Waals surface area contributed by atoms with Crippen molar-refractivity contribution in [1.29, 1.82) is 0 Å². The van der Waals surface area contributed by atoms with Crippen LogP contribution in [0.15, 0.2) is 34.4 Å². The molecule has 0 radical (unpaired) electrons. The van der Waals surface area contributed by atoms with Gasteiger partial charge in [0.2, 0.25) is 0 Å². The first-order valence-corrected chi connectivity index (χ1v) is 9.20. The number of fused-ring (bicyclic) bond motifs is 3. The maximum Gasteiger partial charge on any atom is 0.322 e. The zero-order valence-corrected chi connectivity index (χ0v) is 15.8. The van der Waals surface area contributed by atoms with Crippen LogP contribution >= 0.6 is 0 Å². The number of aromatic nitrogens is 1. The van der Waals surface area contributed by atoms with E-state index < -0.39 is 11.3 Å². The summed E-state index contributed by atoms with van der Waals surface area (Å²) in [5.74, 6) is -0.762. The Morgan fingerprint density at radius 1 is 1.29 bits per heavy atom. The van der Waals surface area contributed by atoms with E-state index in [9.17, 15) is 19.6 Å². The second-order valence-electron chi connectivity index (χ2n) is 6.53. The number of phenolic OH excluding ortho intramolecular Hbond substituents is 1. The summed E-state index contributed by atoms with van der Waals surface area (Å²) in [4.78, 5) is 34.5. The van der Waals surface area contributed by atoms with Gasteiger partial charge in [0.05, 0.1) is 12.3 Å². The van der Waals surface area contributed by atoms with Gasteiger partial charge in [-0.15, -0.1) is 4.91 Å². The van der Waals surface area contributed by atoms with Crippen molar-refractivity contribution in [2.24, 2.45) is 5.18 Å². The van der Waals surface area contributed by atoms with Gasteiger partial charge in [0.15, 0.2) is 16.9 Å². The maximum absolute atomic E-state index is 12.3. The smallest absolute Gasteiger partial charge is 0.322 e. The van der Waals surface area contributed by atoms with Crippen molar-refractivity contribution >= 4 is 5.91 Å². The van der Waals surface area contributed by atoms with Crippen molar-refractivity contribution in [2.45, 2.75) is 32.7 Å². The maximum atomic E-state index is 12.3. The summed E-state index contributed by atoms with van der Waals surface area (Å²) < 4.78 is 12.7. The number of ether oxygens (including phenoxy) is 2. The van der Waals surface area contributed by atoms with Crippen molar-refractivity contribution < 1.29 is 19.4 Å². The number of hydrogen-bond acceptors (Lipinski definition) is 6. The van der Waals surface area contributed by atoms with E-state index in [0.29, 0.717) is 43.2 Å². The molecule has 2 aromatic rings. The van der Waals surface area contributed by atoms with Crippen LogP contribution in [0.25, 0.3) is 11.3 Å². The van der Waals surface area contributed by atoms with Gasteiger partial charge in [-0.2, -0.15) is 0 Å². The zero-order valence-electron chi connectivity index (χ0n) is 15.8. The van der Waals surface area contributed by atoms with E-state index in [1.165, 1.54) is 12.3 Å². The molecular weight excluding hydrogens is 364 g/mol. The molecule has 0 saturated carbocycles. The van der Waals surface area contributed by atoms with Gasteiger partial charge >= 0.3 is 5.91 Å². The Hall–Kier alpha value is -3.00. The van der Waals surface area contributed by atoms with Gasteiger partial charge in [-0.3, -0.25) is 9.59 Å². The van der Waals surface area contributed by atoms with Crippen LogP contribution in [0.2, 0.25) is 0 Å². The van der Waals surface area contributed by atoms with E-state index >= 15 is 0 Å². The van der Waals surface area contributed by atoms with Gasteiger partial charge in [0.1, 0.15) is 12.2 Å². The molecule has 2 heterocycles. The van der Waals surface area contributed by atoms with Crippen LogP contribution in [-0.4, -0.2) is 35.4 Å². The molecule has 1 aromatic heterocycles. The molecule has 8 nitrogen and oxygen atoms in total. The second kappa shape index (κ2) is 8.35. The van der Waals surface area contributed by atoms with Crippen LogP contribution in [0.4, 0.5) is 0 Å². The average molecular weight is 386 g/mol. The third-order valence-corrected chi connectivity index (χ3v) is 4.86. The standard InChI is InChI=1S/C20H22N2O6/c1-3-13-7-12-8-19(28-6-5-27-4-2)18(24)9-14(12)16-10-17(23)15(11-22(13)16)20(25)21-26/h8-11,13,24H,3-7H2,1-2H3. The van der Waals surface area contributed by atoms with Crippen LogP contribution in [-0.2, 0) is 11.2 Å². The molecule has 0 aliphatic carbocycles. The van der Waals surface area contributed by atoms with Crippen LogP contribution in [0.5, 0.6) is 11.5 Å². The van der Waals surface area contributed by atoms with Crippen LogP contribution in [0.3, 0.4) is 0 Å². The number of carbonyl (C=O) groups excluding carboxylic acids is 1. The third kappa shape index (κ3) is 3.68. The lowest BCUT2D eigenvalue weighted by molar-refractivity contribution is 0.0999. The highest BCUT2D eigenvalue weighted by molar-refractivity contribution is 5.94. The molecule has 28 heavy (non-hydrogen) atoms. The van der Waals surface area contributed by atoms with E-state index in [4.69, 9.17) is 9.47 Å². The summed E-state index contributed by atoms with van der Waals surface area (Å²) in [7, 11) is 0. The summed E-state index contributed by atoms with van der Waals surface area (Å²) in [6.07, 6.45) is 2.77. The van der Waals surface area contributed by atoms with Crippen molar-refractivity contribution in [2.75, 3.05) is 19.8 Å². The normalized spacial score (nSPS) is 14.9. The van der Waals surface area contributed by atoms with Crippen LogP contribution in [0, 0.1) is 4.91 Å². The van der Waals surface area contributed by atoms with Gasteiger partial charge in [-0.05, 0) is 37.5 Å². The minimum absolute atomic E-state index is 0.0119. The molecule has 1 aromatic carbocycles. The topological polar surface area (TPSA) is 107 Å². The van der Waals surface area contributed by atoms with Gasteiger partial charge in [0.25, 0.3) is 0 Å². The van der Waals surface area contributed by atoms with Crippen molar-refractivity contribution in [3.8, 4) is 22.8 Å². The molecule has 0 fully saturated rings. The minimum atomic E-state index is -1.08. The Bertz CT molecular complexity index is 966. The van der Waals surface area contributed by atoms with Crippen molar-refractivity contribution in [1.82, 2.24) is 4.57 Å². The second-order valence-corrected chi connectivity index (χ2v) is 6.53. The lowest BCUT2D eigenvalue weighted by Gasteiger charge is -2.30. The predicted octanol–water partition coefficient (Wildman–Crippen LogP) is 3.05. The van der Waals surface area contributed by atoms with Crippen LogP contribution < -0.4 is 10.2 Å².